The van der Waals surface area contributed by atoms with Crippen LogP contribution >= 0.6 is 12.4 Å². The molecule has 0 radical (unpaired) electrons. The molecule has 19 heavy (non-hydrogen) atoms. The Bertz CT molecular complexity index is 382. The predicted molar refractivity (Wildman–Crippen MR) is 78.2 cm³/mol. The van der Waals surface area contributed by atoms with Gasteiger partial charge in [-0.15, -0.1) is 12.4 Å². The number of hydrogen-bond donors (Lipinski definition) is 1. The lowest BCUT2D eigenvalue weighted by atomic mass is 9.78. The van der Waals surface area contributed by atoms with Crippen LogP contribution in [0.1, 0.15) is 26.2 Å². The van der Waals surface area contributed by atoms with Crippen LogP contribution in [0.2, 0.25) is 0 Å². The molecule has 1 atom stereocenters. The summed E-state index contributed by atoms with van der Waals surface area (Å²) in [6, 6.07) is 0. The first-order valence-electron chi connectivity index (χ1n) is 6.69. The minimum absolute atomic E-state index is 0. The molecule has 114 valence electrons. The topological polar surface area (TPSA) is 58.6 Å². The zero-order valence-electron chi connectivity index (χ0n) is 11.7. The van der Waals surface area contributed by atoms with Gasteiger partial charge in [0.2, 0.25) is 10.0 Å². The van der Waals surface area contributed by atoms with Gasteiger partial charge in [0.15, 0.2) is 0 Å². The van der Waals surface area contributed by atoms with E-state index >= 15 is 0 Å². The fourth-order valence-electron chi connectivity index (χ4n) is 2.97. The minimum Gasteiger partial charge on any atom is -0.381 e. The molecular formula is C12H25ClN2O3S. The van der Waals surface area contributed by atoms with Gasteiger partial charge in [-0.1, -0.05) is 0 Å². The lowest BCUT2D eigenvalue weighted by molar-refractivity contribution is 0.135. The van der Waals surface area contributed by atoms with Gasteiger partial charge in [-0.25, -0.2) is 12.7 Å². The number of methoxy groups -OCH3 is 1. The standard InChI is InChI=1S/C12H24N2O3S.ClH/c1-11(17-2)9-18(15,16)14-8-5-12(10-14)3-6-13-7-4-12;/h11,13H,3-10H2,1-2H3;1H. The van der Waals surface area contributed by atoms with Gasteiger partial charge in [-0.2, -0.15) is 0 Å². The van der Waals surface area contributed by atoms with Crippen molar-refractivity contribution in [1.29, 1.82) is 0 Å². The summed E-state index contributed by atoms with van der Waals surface area (Å²) < 4.78 is 31.3. The van der Waals surface area contributed by atoms with Crippen LogP contribution in [0.25, 0.3) is 0 Å². The van der Waals surface area contributed by atoms with Crippen molar-refractivity contribution in [2.45, 2.75) is 32.3 Å². The Balaban J connectivity index is 0.00000180. The first kappa shape index (κ1) is 17.2. The molecule has 1 spiro atoms. The zero-order valence-corrected chi connectivity index (χ0v) is 13.4. The highest BCUT2D eigenvalue weighted by atomic mass is 35.5. The summed E-state index contributed by atoms with van der Waals surface area (Å²) in [5.41, 5.74) is 0.231. The van der Waals surface area contributed by atoms with Crippen LogP contribution in [-0.4, -0.2) is 57.9 Å². The van der Waals surface area contributed by atoms with Crippen molar-refractivity contribution in [3.63, 3.8) is 0 Å². The smallest absolute Gasteiger partial charge is 0.216 e. The number of nitrogens with zero attached hydrogens (tertiary/aromatic N) is 1. The number of sulfonamides is 1. The molecule has 2 aliphatic rings. The Kier molecular flexibility index (Phi) is 6.07. The van der Waals surface area contributed by atoms with Crippen molar-refractivity contribution in [1.82, 2.24) is 9.62 Å². The first-order valence-corrected chi connectivity index (χ1v) is 8.30. The van der Waals surface area contributed by atoms with Gasteiger partial charge >= 0.3 is 0 Å². The maximum absolute atomic E-state index is 12.3. The molecule has 0 aromatic heterocycles. The lowest BCUT2D eigenvalue weighted by Crippen LogP contribution is -2.41. The molecule has 0 aromatic carbocycles. The van der Waals surface area contributed by atoms with Gasteiger partial charge in [-0.3, -0.25) is 0 Å². The molecule has 0 bridgehead atoms. The van der Waals surface area contributed by atoms with Crippen molar-refractivity contribution in [3.05, 3.63) is 0 Å². The fourth-order valence-corrected chi connectivity index (χ4v) is 4.75. The van der Waals surface area contributed by atoms with Gasteiger partial charge < -0.3 is 10.1 Å². The van der Waals surface area contributed by atoms with Crippen molar-refractivity contribution in [2.75, 3.05) is 39.0 Å². The van der Waals surface area contributed by atoms with Gasteiger partial charge in [0.05, 0.1) is 11.9 Å². The SMILES string of the molecule is COC(C)CS(=O)(=O)N1CCC2(CCNCC2)C1.Cl. The molecule has 1 unspecified atom stereocenters. The molecule has 2 fully saturated rings. The molecule has 7 heteroatoms. The van der Waals surface area contributed by atoms with Gasteiger partial charge in [0.1, 0.15) is 0 Å². The summed E-state index contributed by atoms with van der Waals surface area (Å²) >= 11 is 0. The largest absolute Gasteiger partial charge is 0.381 e. The molecule has 0 amide bonds. The first-order chi connectivity index (χ1) is 8.47. The minimum atomic E-state index is -3.16. The average Bonchev–Trinajstić information content (AvgIpc) is 2.74. The summed E-state index contributed by atoms with van der Waals surface area (Å²) in [7, 11) is -1.60. The summed E-state index contributed by atoms with van der Waals surface area (Å²) in [6.45, 7) is 5.21. The number of ether oxygens (including phenoxy) is 1. The summed E-state index contributed by atoms with van der Waals surface area (Å²) in [4.78, 5) is 0. The molecule has 0 aliphatic carbocycles. The monoisotopic (exact) mass is 312 g/mol. The van der Waals surface area contributed by atoms with E-state index in [9.17, 15) is 8.42 Å². The number of nitrogens with one attached hydrogen (secondary N) is 1. The Labute approximate surface area is 122 Å². The Hall–Kier alpha value is 0.120. The van der Waals surface area contributed by atoms with Crippen LogP contribution in [-0.2, 0) is 14.8 Å². The molecule has 2 heterocycles. The molecule has 2 saturated heterocycles. The van der Waals surface area contributed by atoms with E-state index < -0.39 is 10.0 Å². The quantitative estimate of drug-likeness (QED) is 0.836. The predicted octanol–water partition coefficient (Wildman–Crippen LogP) is 0.848. The Morgan fingerprint density at radius 1 is 1.32 bits per heavy atom. The van der Waals surface area contributed by atoms with Crippen molar-refractivity contribution in [3.8, 4) is 0 Å². The summed E-state index contributed by atoms with van der Waals surface area (Å²) in [5, 5.41) is 3.34. The summed E-state index contributed by atoms with van der Waals surface area (Å²) in [6.07, 6.45) is 2.96. The number of halogens is 1. The molecule has 0 saturated carbocycles. The number of hydrogen-bond acceptors (Lipinski definition) is 4. The van der Waals surface area contributed by atoms with E-state index in [0.29, 0.717) is 13.1 Å². The molecular weight excluding hydrogens is 288 g/mol. The van der Waals surface area contributed by atoms with Crippen LogP contribution < -0.4 is 5.32 Å². The molecule has 1 N–H and O–H groups in total. The van der Waals surface area contributed by atoms with Crippen LogP contribution in [0.3, 0.4) is 0 Å². The highest BCUT2D eigenvalue weighted by molar-refractivity contribution is 7.89. The van der Waals surface area contributed by atoms with E-state index in [4.69, 9.17) is 4.74 Å². The van der Waals surface area contributed by atoms with Crippen molar-refractivity contribution >= 4 is 22.4 Å². The number of rotatable bonds is 4. The normalized spacial score (nSPS) is 25.2. The summed E-state index contributed by atoms with van der Waals surface area (Å²) in [5.74, 6) is 0.0951. The van der Waals surface area contributed by atoms with E-state index in [0.717, 1.165) is 32.4 Å². The van der Waals surface area contributed by atoms with Gasteiger partial charge in [0.25, 0.3) is 0 Å². The third-order valence-corrected chi connectivity index (χ3v) is 6.30. The third kappa shape index (κ3) is 4.04. The van der Waals surface area contributed by atoms with Crippen LogP contribution in [0.4, 0.5) is 0 Å². The van der Waals surface area contributed by atoms with E-state index in [1.807, 2.05) is 0 Å². The average molecular weight is 313 g/mol. The third-order valence-electron chi connectivity index (χ3n) is 4.31. The maximum Gasteiger partial charge on any atom is 0.216 e. The molecule has 5 nitrogen and oxygen atoms in total. The maximum atomic E-state index is 12.3. The van der Waals surface area contributed by atoms with E-state index in [2.05, 4.69) is 5.32 Å². The second-order valence-electron chi connectivity index (χ2n) is 5.66. The van der Waals surface area contributed by atoms with Gasteiger partial charge in [-0.05, 0) is 44.7 Å². The second kappa shape index (κ2) is 6.72. The van der Waals surface area contributed by atoms with Crippen molar-refractivity contribution < 1.29 is 13.2 Å². The van der Waals surface area contributed by atoms with Crippen LogP contribution in [0.15, 0.2) is 0 Å². The van der Waals surface area contributed by atoms with E-state index in [1.165, 1.54) is 0 Å². The second-order valence-corrected chi connectivity index (χ2v) is 7.67. The van der Waals surface area contributed by atoms with Gasteiger partial charge in [0, 0.05) is 20.2 Å². The van der Waals surface area contributed by atoms with E-state index in [1.54, 1.807) is 18.3 Å². The van der Waals surface area contributed by atoms with E-state index in [-0.39, 0.29) is 29.7 Å². The lowest BCUT2D eigenvalue weighted by Gasteiger charge is -2.33. The highest BCUT2D eigenvalue weighted by Gasteiger charge is 2.43. The Morgan fingerprint density at radius 2 is 1.95 bits per heavy atom. The van der Waals surface area contributed by atoms with Crippen LogP contribution in [0.5, 0.6) is 0 Å². The zero-order chi connectivity index (χ0) is 13.2. The fraction of sp³-hybridized carbons (Fsp3) is 1.00. The van der Waals surface area contributed by atoms with Crippen LogP contribution in [0, 0.1) is 5.41 Å². The highest BCUT2D eigenvalue weighted by Crippen LogP contribution is 2.39. The molecule has 0 aromatic rings. The Morgan fingerprint density at radius 3 is 2.53 bits per heavy atom. The van der Waals surface area contributed by atoms with Crippen molar-refractivity contribution in [2.24, 2.45) is 5.41 Å². The number of piperidine rings is 1. The molecule has 2 rings (SSSR count). The molecule has 2 aliphatic heterocycles.